The van der Waals surface area contributed by atoms with E-state index in [1.165, 1.54) is 19.2 Å². The molecule has 0 spiro atoms. The normalized spacial score (nSPS) is 11.7. The van der Waals surface area contributed by atoms with Crippen LogP contribution in [0.15, 0.2) is 29.2 Å². The largest absolute Gasteiger partial charge is 0.314 e. The topological polar surface area (TPSA) is 12.0 Å². The maximum absolute atomic E-state index is 13.4. The average molecular weight is 231 g/mol. The standard InChI is InChI=1S/C11H15F2NS/c1-3-15-10-6-4-9(5-7-10)11(12,13)8-14-2/h4-7,14H,3,8H2,1-2H3. The summed E-state index contributed by atoms with van der Waals surface area (Å²) in [6.07, 6.45) is 0. The van der Waals surface area contributed by atoms with E-state index in [0.717, 1.165) is 10.6 Å². The summed E-state index contributed by atoms with van der Waals surface area (Å²) in [6, 6.07) is 6.48. The molecule has 0 saturated heterocycles. The quantitative estimate of drug-likeness (QED) is 0.781. The number of nitrogens with one attached hydrogen (secondary N) is 1. The summed E-state index contributed by atoms with van der Waals surface area (Å²) in [5, 5.41) is 2.49. The average Bonchev–Trinajstić information content (AvgIpc) is 2.19. The molecule has 0 aliphatic heterocycles. The number of benzene rings is 1. The number of likely N-dealkylation sites (N-methyl/N-ethyl adjacent to an activating group) is 1. The van der Waals surface area contributed by atoms with Gasteiger partial charge in [0.2, 0.25) is 0 Å². The Kier molecular flexibility index (Phi) is 4.54. The lowest BCUT2D eigenvalue weighted by Crippen LogP contribution is -2.27. The first kappa shape index (κ1) is 12.5. The molecule has 1 aromatic rings. The van der Waals surface area contributed by atoms with Crippen molar-refractivity contribution in [2.45, 2.75) is 17.7 Å². The van der Waals surface area contributed by atoms with Crippen molar-refractivity contribution in [2.24, 2.45) is 0 Å². The first-order valence-electron chi connectivity index (χ1n) is 4.86. The van der Waals surface area contributed by atoms with Crippen LogP contribution in [-0.2, 0) is 5.92 Å². The third-order valence-electron chi connectivity index (χ3n) is 1.99. The molecule has 0 fully saturated rings. The number of rotatable bonds is 5. The highest BCUT2D eigenvalue weighted by Gasteiger charge is 2.30. The summed E-state index contributed by atoms with van der Waals surface area (Å²) < 4.78 is 26.8. The molecule has 1 N–H and O–H groups in total. The van der Waals surface area contributed by atoms with Crippen LogP contribution in [0.3, 0.4) is 0 Å². The van der Waals surface area contributed by atoms with Gasteiger partial charge in [0, 0.05) is 10.5 Å². The number of hydrogen-bond donors (Lipinski definition) is 1. The van der Waals surface area contributed by atoms with Crippen molar-refractivity contribution >= 4 is 11.8 Å². The van der Waals surface area contributed by atoms with Crippen molar-refractivity contribution in [3.63, 3.8) is 0 Å². The van der Waals surface area contributed by atoms with E-state index in [0.29, 0.717) is 0 Å². The van der Waals surface area contributed by atoms with E-state index in [1.807, 2.05) is 6.92 Å². The summed E-state index contributed by atoms with van der Waals surface area (Å²) in [4.78, 5) is 1.03. The fourth-order valence-corrected chi connectivity index (χ4v) is 1.95. The van der Waals surface area contributed by atoms with E-state index in [-0.39, 0.29) is 12.1 Å². The highest BCUT2D eigenvalue weighted by Crippen LogP contribution is 2.28. The number of halogens is 2. The zero-order valence-corrected chi connectivity index (χ0v) is 9.70. The molecular formula is C11H15F2NS. The SMILES string of the molecule is CCSc1ccc(C(F)(F)CNC)cc1. The molecule has 0 unspecified atom stereocenters. The Morgan fingerprint density at radius 3 is 2.33 bits per heavy atom. The van der Waals surface area contributed by atoms with Crippen LogP contribution in [-0.4, -0.2) is 19.3 Å². The lowest BCUT2D eigenvalue weighted by Gasteiger charge is -2.16. The zero-order chi connectivity index (χ0) is 11.3. The summed E-state index contributed by atoms with van der Waals surface area (Å²) in [5.41, 5.74) is 0.0669. The zero-order valence-electron chi connectivity index (χ0n) is 8.89. The Balaban J connectivity index is 2.78. The van der Waals surface area contributed by atoms with Gasteiger partial charge in [-0.05, 0) is 24.9 Å². The molecule has 0 aliphatic carbocycles. The van der Waals surface area contributed by atoms with Crippen LogP contribution < -0.4 is 5.32 Å². The minimum atomic E-state index is -2.79. The molecule has 4 heteroatoms. The molecule has 0 radical (unpaired) electrons. The van der Waals surface area contributed by atoms with Gasteiger partial charge in [0.05, 0.1) is 6.54 Å². The predicted octanol–water partition coefficient (Wildman–Crippen LogP) is 3.11. The molecule has 0 bridgehead atoms. The first-order chi connectivity index (χ1) is 7.10. The number of hydrogen-bond acceptors (Lipinski definition) is 2. The molecule has 1 aromatic carbocycles. The van der Waals surface area contributed by atoms with Gasteiger partial charge in [0.15, 0.2) is 0 Å². The van der Waals surface area contributed by atoms with Gasteiger partial charge < -0.3 is 5.32 Å². The second-order valence-corrected chi connectivity index (χ2v) is 4.53. The second kappa shape index (κ2) is 5.47. The fraction of sp³-hybridized carbons (Fsp3) is 0.455. The second-order valence-electron chi connectivity index (χ2n) is 3.19. The van der Waals surface area contributed by atoms with Crippen LogP contribution in [0.4, 0.5) is 8.78 Å². The van der Waals surface area contributed by atoms with E-state index < -0.39 is 5.92 Å². The van der Waals surface area contributed by atoms with Gasteiger partial charge in [-0.2, -0.15) is 8.78 Å². The molecule has 0 saturated carbocycles. The van der Waals surface area contributed by atoms with Crippen molar-refractivity contribution in [1.29, 1.82) is 0 Å². The van der Waals surface area contributed by atoms with Crippen LogP contribution in [0, 0.1) is 0 Å². The molecule has 84 valence electrons. The van der Waals surface area contributed by atoms with E-state index in [1.54, 1.807) is 23.9 Å². The first-order valence-corrected chi connectivity index (χ1v) is 5.84. The maximum Gasteiger partial charge on any atom is 0.285 e. The minimum absolute atomic E-state index is 0.0669. The summed E-state index contributed by atoms with van der Waals surface area (Å²) in [7, 11) is 1.52. The Hall–Kier alpha value is -0.610. The van der Waals surface area contributed by atoms with Gasteiger partial charge in [0.25, 0.3) is 5.92 Å². The van der Waals surface area contributed by atoms with Crippen LogP contribution in [0.5, 0.6) is 0 Å². The molecular weight excluding hydrogens is 216 g/mol. The van der Waals surface area contributed by atoms with E-state index in [4.69, 9.17) is 0 Å². The van der Waals surface area contributed by atoms with E-state index in [9.17, 15) is 8.78 Å². The Morgan fingerprint density at radius 1 is 1.27 bits per heavy atom. The van der Waals surface area contributed by atoms with Crippen LogP contribution >= 0.6 is 11.8 Å². The van der Waals surface area contributed by atoms with Gasteiger partial charge in [-0.3, -0.25) is 0 Å². The van der Waals surface area contributed by atoms with Gasteiger partial charge in [0.1, 0.15) is 0 Å². The van der Waals surface area contributed by atoms with Crippen molar-refractivity contribution < 1.29 is 8.78 Å². The molecule has 0 aromatic heterocycles. The van der Waals surface area contributed by atoms with Gasteiger partial charge in [-0.1, -0.05) is 19.1 Å². The predicted molar refractivity (Wildman–Crippen MR) is 60.7 cm³/mol. The highest BCUT2D eigenvalue weighted by atomic mass is 32.2. The summed E-state index contributed by atoms with van der Waals surface area (Å²) >= 11 is 1.65. The van der Waals surface area contributed by atoms with E-state index >= 15 is 0 Å². The smallest absolute Gasteiger partial charge is 0.285 e. The van der Waals surface area contributed by atoms with Crippen molar-refractivity contribution in [2.75, 3.05) is 19.3 Å². The number of alkyl halides is 2. The molecule has 0 heterocycles. The van der Waals surface area contributed by atoms with Crippen molar-refractivity contribution in [3.8, 4) is 0 Å². The van der Waals surface area contributed by atoms with E-state index in [2.05, 4.69) is 5.32 Å². The summed E-state index contributed by atoms with van der Waals surface area (Å²) in [5.74, 6) is -1.84. The molecule has 1 nitrogen and oxygen atoms in total. The number of thioether (sulfide) groups is 1. The molecule has 0 atom stereocenters. The molecule has 0 amide bonds. The van der Waals surface area contributed by atoms with Gasteiger partial charge >= 0.3 is 0 Å². The van der Waals surface area contributed by atoms with Gasteiger partial charge in [-0.25, -0.2) is 0 Å². The van der Waals surface area contributed by atoms with Crippen LogP contribution in [0.25, 0.3) is 0 Å². The van der Waals surface area contributed by atoms with Gasteiger partial charge in [-0.15, -0.1) is 11.8 Å². The fourth-order valence-electron chi connectivity index (χ4n) is 1.29. The highest BCUT2D eigenvalue weighted by molar-refractivity contribution is 7.99. The third kappa shape index (κ3) is 3.47. The molecule has 15 heavy (non-hydrogen) atoms. The van der Waals surface area contributed by atoms with Crippen molar-refractivity contribution in [1.82, 2.24) is 5.32 Å². The lowest BCUT2D eigenvalue weighted by molar-refractivity contribution is -0.00130. The van der Waals surface area contributed by atoms with Crippen molar-refractivity contribution in [3.05, 3.63) is 29.8 Å². The van der Waals surface area contributed by atoms with Crippen LogP contribution in [0.1, 0.15) is 12.5 Å². The third-order valence-corrected chi connectivity index (χ3v) is 2.88. The molecule has 1 rings (SSSR count). The maximum atomic E-state index is 13.4. The van der Waals surface area contributed by atoms with Crippen LogP contribution in [0.2, 0.25) is 0 Å². The minimum Gasteiger partial charge on any atom is -0.314 e. The summed E-state index contributed by atoms with van der Waals surface area (Å²) in [6.45, 7) is 1.71. The Labute approximate surface area is 93.3 Å². The Morgan fingerprint density at radius 2 is 1.87 bits per heavy atom. The lowest BCUT2D eigenvalue weighted by atomic mass is 10.1. The monoisotopic (exact) mass is 231 g/mol. The molecule has 0 aliphatic rings. The Bertz CT molecular complexity index is 298.